The van der Waals surface area contributed by atoms with Crippen LogP contribution in [-0.2, 0) is 30.8 Å². The summed E-state index contributed by atoms with van der Waals surface area (Å²) in [6, 6.07) is 15.0. The number of thiophene rings is 1. The summed E-state index contributed by atoms with van der Waals surface area (Å²) < 4.78 is 13.3. The predicted octanol–water partition coefficient (Wildman–Crippen LogP) is 2.41. The number of phenols is 2. The van der Waals surface area contributed by atoms with E-state index in [4.69, 9.17) is 9.47 Å². The molecular weight excluding hydrogens is 587 g/mol. The Morgan fingerprint density at radius 3 is 1.33 bits per heavy atom. The van der Waals surface area contributed by atoms with Crippen molar-refractivity contribution in [2.24, 2.45) is 0 Å². The second-order valence-corrected chi connectivity index (χ2v) is 12.8. The van der Waals surface area contributed by atoms with Gasteiger partial charge in [0.25, 0.3) is 0 Å². The van der Waals surface area contributed by atoms with Crippen LogP contribution in [0.25, 0.3) is 0 Å². The van der Waals surface area contributed by atoms with E-state index in [1.54, 1.807) is 35.6 Å². The first-order chi connectivity index (χ1) is 17.0. The first kappa shape index (κ1) is 39.6. The first-order valence-corrected chi connectivity index (χ1v) is 14.4. The topological polar surface area (TPSA) is 58.9 Å². The van der Waals surface area contributed by atoms with Gasteiger partial charge in [-0.05, 0) is 74.9 Å². The van der Waals surface area contributed by atoms with Crippen molar-refractivity contribution in [3.63, 3.8) is 0 Å². The zero-order valence-electron chi connectivity index (χ0n) is 24.8. The van der Waals surface area contributed by atoms with Crippen LogP contribution < -0.4 is 34.3 Å². The number of ether oxygens (including phenoxy) is 2. The van der Waals surface area contributed by atoms with Crippen molar-refractivity contribution in [1.29, 1.82) is 0 Å². The molecule has 0 aliphatic heterocycles. The molecule has 2 N–H and O–H groups in total. The Labute approximate surface area is 263 Å². The fraction of sp³-hybridized carbons (Fsp3) is 0.452. The van der Waals surface area contributed by atoms with Gasteiger partial charge in [0.05, 0.1) is 12.2 Å². The summed E-state index contributed by atoms with van der Waals surface area (Å²) in [6.07, 6.45) is 0.310. The quantitative estimate of drug-likeness (QED) is 0.425. The summed E-state index contributed by atoms with van der Waals surface area (Å²) >= 11 is 3.81. The second-order valence-electron chi connectivity index (χ2n) is 11.4. The first-order valence-electron chi connectivity index (χ1n) is 12.6. The van der Waals surface area contributed by atoms with Crippen molar-refractivity contribution < 1.29 is 64.5 Å². The van der Waals surface area contributed by atoms with E-state index in [0.717, 1.165) is 22.6 Å². The molecule has 1 aromatic heterocycles. The molecule has 0 fully saturated rings. The van der Waals surface area contributed by atoms with Crippen LogP contribution in [0.4, 0.5) is 0 Å². The molecule has 0 amide bonds. The van der Waals surface area contributed by atoms with E-state index in [2.05, 4.69) is 63.4 Å². The molecule has 3 aromatic rings. The number of aromatic hydroxyl groups is 2. The van der Waals surface area contributed by atoms with Gasteiger partial charge in [0.15, 0.2) is 0 Å². The maximum atomic E-state index is 9.75. The molecule has 4 nitrogen and oxygen atoms in total. The van der Waals surface area contributed by atoms with Crippen molar-refractivity contribution in [3.05, 3.63) is 69.9 Å². The third kappa shape index (κ3) is 15.2. The Kier molecular flexibility index (Phi) is 18.3. The summed E-state index contributed by atoms with van der Waals surface area (Å²) in [7, 11) is 0. The van der Waals surface area contributed by atoms with Gasteiger partial charge in [-0.25, -0.2) is 0 Å². The third-order valence-electron chi connectivity index (χ3n) is 4.98. The number of phenolic OH excluding ortho intramolecular Hbond substituents is 2. The molecule has 2 aromatic carbocycles. The number of hydrogen-bond donors (Lipinski definition) is 2. The van der Waals surface area contributed by atoms with Gasteiger partial charge in [-0.1, -0.05) is 41.5 Å². The molecule has 0 aliphatic rings. The standard InChI is InChI=1S/2C13H20O2.C5H4S.2ClH.Ti/c2*1-9(2)15-10-6-7-12(14)11(8-10)13(3,4)5;1-5-3-2-4-6-5;;;/h2*6-9,14H,1-5H3;1-4H;2*1H;/p-2. The van der Waals surface area contributed by atoms with E-state index in [1.165, 1.54) is 4.88 Å². The molecule has 39 heavy (non-hydrogen) atoms. The third-order valence-corrected chi connectivity index (χ3v) is 6.61. The molecule has 0 saturated heterocycles. The SMILES string of the molecule is CC(C)Oc1ccc(O)c(C(C)(C)C)c1.CC(C)Oc1ccc(O)c(C(C)(C)C)c1.[Cl-].[Cl-].[Ti]=[CH]c1cccs1. The van der Waals surface area contributed by atoms with Gasteiger partial charge in [0.1, 0.15) is 23.0 Å². The zero-order valence-corrected chi connectivity index (χ0v) is 28.7. The number of hydrogen-bond acceptors (Lipinski definition) is 5. The second kappa shape index (κ2) is 18.0. The minimum absolute atomic E-state index is 0. The van der Waals surface area contributed by atoms with Gasteiger partial charge >= 0.3 is 58.0 Å². The van der Waals surface area contributed by atoms with Crippen molar-refractivity contribution in [2.75, 3.05) is 0 Å². The molecule has 8 heteroatoms. The van der Waals surface area contributed by atoms with Crippen molar-refractivity contribution in [2.45, 2.75) is 92.3 Å². The fourth-order valence-electron chi connectivity index (χ4n) is 3.30. The number of rotatable bonds is 5. The Bertz CT molecular complexity index is 1030. The van der Waals surface area contributed by atoms with Crippen LogP contribution in [0.5, 0.6) is 23.0 Å². The Hall–Kier alpha value is -1.50. The van der Waals surface area contributed by atoms with E-state index in [-0.39, 0.29) is 47.9 Å². The van der Waals surface area contributed by atoms with Crippen LogP contribution in [0.3, 0.4) is 0 Å². The minimum atomic E-state index is -0.0690. The van der Waals surface area contributed by atoms with Crippen LogP contribution in [0.1, 0.15) is 85.2 Å². The maximum absolute atomic E-state index is 9.75. The van der Waals surface area contributed by atoms with Gasteiger partial charge in [-0.2, -0.15) is 0 Å². The monoisotopic (exact) mass is 630 g/mol. The summed E-state index contributed by atoms with van der Waals surface area (Å²) in [5, 5.41) is 21.6. The summed E-state index contributed by atoms with van der Waals surface area (Å²) in [6.45, 7) is 20.4. The van der Waals surface area contributed by atoms with Gasteiger partial charge < -0.3 is 44.5 Å². The van der Waals surface area contributed by atoms with Crippen LogP contribution in [0, 0.1) is 0 Å². The Morgan fingerprint density at radius 2 is 1.10 bits per heavy atom. The van der Waals surface area contributed by atoms with E-state index in [9.17, 15) is 10.2 Å². The molecule has 0 unspecified atom stereocenters. The van der Waals surface area contributed by atoms with Gasteiger partial charge in [-0.3, -0.25) is 0 Å². The summed E-state index contributed by atoms with van der Waals surface area (Å²) in [5.74, 6) is 2.29. The van der Waals surface area contributed by atoms with Gasteiger partial charge in [0, 0.05) is 11.1 Å². The van der Waals surface area contributed by atoms with Crippen molar-refractivity contribution in [1.82, 2.24) is 0 Å². The molecule has 0 radical (unpaired) electrons. The fourth-order valence-corrected chi connectivity index (χ4v) is 4.30. The molecule has 218 valence electrons. The average molecular weight is 632 g/mol. The van der Waals surface area contributed by atoms with Gasteiger partial charge in [0.2, 0.25) is 0 Å². The molecule has 3 rings (SSSR count). The Morgan fingerprint density at radius 1 is 0.718 bits per heavy atom. The number of benzene rings is 2. The summed E-state index contributed by atoms with van der Waals surface area (Å²) in [4.78, 5) is 1.35. The van der Waals surface area contributed by atoms with Crippen LogP contribution >= 0.6 is 11.3 Å². The molecule has 1 heterocycles. The molecular formula is C31H44Cl2O4STi-2. The van der Waals surface area contributed by atoms with Crippen molar-refractivity contribution in [3.8, 4) is 23.0 Å². The van der Waals surface area contributed by atoms with Crippen LogP contribution in [0.2, 0.25) is 0 Å². The normalized spacial score (nSPS) is 10.6. The zero-order chi connectivity index (χ0) is 28.4. The van der Waals surface area contributed by atoms with Crippen LogP contribution in [0.15, 0.2) is 53.9 Å². The van der Waals surface area contributed by atoms with E-state index < -0.39 is 0 Å². The predicted molar refractivity (Wildman–Crippen MR) is 155 cm³/mol. The number of halogens is 2. The van der Waals surface area contributed by atoms with E-state index in [1.807, 2.05) is 59.8 Å². The van der Waals surface area contributed by atoms with Crippen LogP contribution in [-0.4, -0.2) is 26.7 Å². The molecule has 0 bridgehead atoms. The van der Waals surface area contributed by atoms with Crippen molar-refractivity contribution >= 4 is 15.7 Å². The molecule has 0 spiro atoms. The van der Waals surface area contributed by atoms with E-state index >= 15 is 0 Å². The molecule has 0 saturated carbocycles. The molecule has 0 atom stereocenters. The molecule has 0 aliphatic carbocycles. The summed E-state index contributed by atoms with van der Waals surface area (Å²) in [5.41, 5.74) is 1.70. The van der Waals surface area contributed by atoms with Gasteiger partial charge in [-0.15, -0.1) is 0 Å². The Balaban J connectivity index is 0. The van der Waals surface area contributed by atoms with E-state index in [0.29, 0.717) is 11.5 Å². The average Bonchev–Trinajstić information content (AvgIpc) is 3.29.